The number of hydrogen-bond acceptors (Lipinski definition) is 6. The molecule has 3 aromatic heterocycles. The summed E-state index contributed by atoms with van der Waals surface area (Å²) in [4.78, 5) is 19.3. The maximum atomic E-state index is 14.4. The number of hydrogen-bond donors (Lipinski definition) is 1. The van der Waals surface area contributed by atoms with E-state index in [4.69, 9.17) is 8.94 Å². The van der Waals surface area contributed by atoms with Gasteiger partial charge in [-0.1, -0.05) is 17.3 Å². The average molecular weight is 394 g/mol. The molecule has 1 amide bonds. The van der Waals surface area contributed by atoms with Gasteiger partial charge in [0.25, 0.3) is 11.6 Å². The highest BCUT2D eigenvalue weighted by Gasteiger charge is 2.23. The molecule has 148 valence electrons. The van der Waals surface area contributed by atoms with E-state index in [1.165, 1.54) is 12.3 Å². The van der Waals surface area contributed by atoms with Gasteiger partial charge in [0, 0.05) is 18.7 Å². The van der Waals surface area contributed by atoms with Crippen molar-refractivity contribution in [2.24, 2.45) is 0 Å². The number of pyridine rings is 1. The third kappa shape index (κ3) is 3.74. The van der Waals surface area contributed by atoms with Crippen molar-refractivity contribution >= 4 is 17.0 Å². The van der Waals surface area contributed by atoms with Crippen molar-refractivity contribution in [3.63, 3.8) is 0 Å². The number of aromatic nitrogens is 2. The van der Waals surface area contributed by atoms with Crippen LogP contribution in [0.15, 0.2) is 57.7 Å². The fourth-order valence-electron chi connectivity index (χ4n) is 3.01. The summed E-state index contributed by atoms with van der Waals surface area (Å²) in [5, 5.41) is 7.23. The summed E-state index contributed by atoms with van der Waals surface area (Å²) in [6.07, 6.45) is 1.52. The second-order valence-corrected chi connectivity index (χ2v) is 6.78. The summed E-state index contributed by atoms with van der Waals surface area (Å²) in [6.45, 7) is 1.13. The van der Waals surface area contributed by atoms with Gasteiger partial charge in [-0.2, -0.15) is 0 Å². The maximum Gasteiger partial charge on any atom is 0.259 e. The minimum absolute atomic E-state index is 0.134. The minimum Gasteiger partial charge on any atom is -0.463 e. The van der Waals surface area contributed by atoms with E-state index in [0.29, 0.717) is 35.5 Å². The fraction of sp³-hybridized carbons (Fsp3) is 0.190. The largest absolute Gasteiger partial charge is 0.463 e. The molecule has 29 heavy (non-hydrogen) atoms. The first-order valence-corrected chi connectivity index (χ1v) is 9.06. The maximum absolute atomic E-state index is 14.4. The Morgan fingerprint density at radius 1 is 1.21 bits per heavy atom. The Morgan fingerprint density at radius 3 is 2.76 bits per heavy atom. The van der Waals surface area contributed by atoms with Crippen LogP contribution in [-0.2, 0) is 0 Å². The highest BCUT2D eigenvalue weighted by atomic mass is 19.1. The number of amides is 1. The number of rotatable bonds is 6. The average Bonchev–Trinajstić information content (AvgIpc) is 3.37. The summed E-state index contributed by atoms with van der Waals surface area (Å²) in [5.74, 6) is -0.303. The van der Waals surface area contributed by atoms with Crippen LogP contribution in [0.25, 0.3) is 33.8 Å². The third-order valence-electron chi connectivity index (χ3n) is 4.44. The van der Waals surface area contributed by atoms with E-state index in [1.54, 1.807) is 36.4 Å². The first-order valence-electron chi connectivity index (χ1n) is 9.06. The van der Waals surface area contributed by atoms with Gasteiger partial charge in [0.2, 0.25) is 0 Å². The van der Waals surface area contributed by atoms with Crippen LogP contribution in [0.5, 0.6) is 0 Å². The number of benzene rings is 1. The predicted molar refractivity (Wildman–Crippen MR) is 106 cm³/mol. The second kappa shape index (κ2) is 7.84. The Hall–Kier alpha value is -3.52. The molecule has 0 saturated heterocycles. The lowest BCUT2D eigenvalue weighted by Gasteiger charge is -2.11. The van der Waals surface area contributed by atoms with Crippen LogP contribution in [0, 0.1) is 5.82 Å². The summed E-state index contributed by atoms with van der Waals surface area (Å²) >= 11 is 0. The molecule has 0 aliphatic carbocycles. The smallest absolute Gasteiger partial charge is 0.259 e. The highest BCUT2D eigenvalue weighted by Crippen LogP contribution is 2.33. The molecule has 0 aliphatic rings. The number of nitrogens with zero attached hydrogens (tertiary/aromatic N) is 3. The molecule has 1 N–H and O–H groups in total. The number of fused-ring (bicyclic) bond motifs is 1. The van der Waals surface area contributed by atoms with E-state index in [9.17, 15) is 9.18 Å². The van der Waals surface area contributed by atoms with Crippen molar-refractivity contribution in [2.75, 3.05) is 27.2 Å². The quantitative estimate of drug-likeness (QED) is 0.538. The van der Waals surface area contributed by atoms with E-state index in [1.807, 2.05) is 19.0 Å². The number of carbonyl (C=O) groups excluding carboxylic acids is 1. The zero-order chi connectivity index (χ0) is 20.4. The molecular weight excluding hydrogens is 375 g/mol. The van der Waals surface area contributed by atoms with Crippen LogP contribution in [0.4, 0.5) is 4.39 Å². The lowest BCUT2D eigenvalue weighted by molar-refractivity contribution is 0.0952. The van der Waals surface area contributed by atoms with Gasteiger partial charge in [0.05, 0.1) is 17.2 Å². The van der Waals surface area contributed by atoms with Crippen molar-refractivity contribution in [2.45, 2.75) is 0 Å². The van der Waals surface area contributed by atoms with E-state index >= 15 is 0 Å². The molecule has 0 saturated carbocycles. The Kier molecular flexibility index (Phi) is 5.09. The lowest BCUT2D eigenvalue weighted by atomic mass is 10.0. The molecule has 0 spiro atoms. The van der Waals surface area contributed by atoms with Crippen molar-refractivity contribution in [3.05, 3.63) is 60.1 Å². The standard InChI is InChI=1S/C21H19FN4O3/c1-26(2)10-9-23-20(27)14-12-16(17-8-5-11-28-17)24-21-18(14)19(25-29-21)13-6-3-4-7-15(13)22/h3-8,11-12H,9-10H2,1-2H3,(H,23,27). The SMILES string of the molecule is CN(C)CCNC(=O)c1cc(-c2ccco2)nc2onc(-c3ccccc3F)c12. The summed E-state index contributed by atoms with van der Waals surface area (Å²) in [7, 11) is 3.84. The molecule has 1 aromatic carbocycles. The molecule has 0 bridgehead atoms. The Labute approximate surface area is 166 Å². The number of carbonyl (C=O) groups is 1. The molecule has 8 heteroatoms. The first kappa shape index (κ1) is 18.8. The molecule has 0 fully saturated rings. The second-order valence-electron chi connectivity index (χ2n) is 6.78. The Bertz CT molecular complexity index is 1150. The monoisotopic (exact) mass is 394 g/mol. The van der Waals surface area contributed by atoms with Gasteiger partial charge in [-0.3, -0.25) is 4.79 Å². The zero-order valence-corrected chi connectivity index (χ0v) is 16.0. The molecule has 7 nitrogen and oxygen atoms in total. The van der Waals surface area contributed by atoms with Crippen LogP contribution < -0.4 is 5.32 Å². The van der Waals surface area contributed by atoms with E-state index in [2.05, 4.69) is 15.5 Å². The zero-order valence-electron chi connectivity index (χ0n) is 16.0. The van der Waals surface area contributed by atoms with Crippen molar-refractivity contribution in [1.29, 1.82) is 0 Å². The van der Waals surface area contributed by atoms with Crippen LogP contribution in [0.2, 0.25) is 0 Å². The minimum atomic E-state index is -0.461. The van der Waals surface area contributed by atoms with Gasteiger partial charge in [0.15, 0.2) is 5.76 Å². The normalized spacial score (nSPS) is 11.3. The Morgan fingerprint density at radius 2 is 2.03 bits per heavy atom. The van der Waals surface area contributed by atoms with Crippen LogP contribution in [0.1, 0.15) is 10.4 Å². The van der Waals surface area contributed by atoms with Gasteiger partial charge in [-0.25, -0.2) is 9.37 Å². The van der Waals surface area contributed by atoms with Crippen LogP contribution in [0.3, 0.4) is 0 Å². The number of halogens is 1. The Balaban J connectivity index is 1.86. The molecule has 3 heterocycles. The summed E-state index contributed by atoms with van der Waals surface area (Å²) in [5.41, 5.74) is 1.32. The molecule has 0 unspecified atom stereocenters. The first-order chi connectivity index (χ1) is 14.0. The topological polar surface area (TPSA) is 84.4 Å². The van der Waals surface area contributed by atoms with Crippen LogP contribution >= 0.6 is 0 Å². The van der Waals surface area contributed by atoms with Gasteiger partial charge >= 0.3 is 0 Å². The lowest BCUT2D eigenvalue weighted by Crippen LogP contribution is -2.31. The number of nitrogens with one attached hydrogen (secondary N) is 1. The fourth-order valence-corrected chi connectivity index (χ4v) is 3.01. The van der Waals surface area contributed by atoms with Crippen molar-refractivity contribution in [3.8, 4) is 22.7 Å². The molecule has 0 atom stereocenters. The highest BCUT2D eigenvalue weighted by molar-refractivity contribution is 6.10. The number of furan rings is 1. The summed E-state index contributed by atoms with van der Waals surface area (Å²) < 4.78 is 25.2. The van der Waals surface area contributed by atoms with Gasteiger partial charge in [-0.15, -0.1) is 0 Å². The molecule has 4 rings (SSSR count). The van der Waals surface area contributed by atoms with Gasteiger partial charge in [0.1, 0.15) is 17.2 Å². The van der Waals surface area contributed by atoms with Gasteiger partial charge < -0.3 is 19.2 Å². The molecule has 4 aromatic rings. The van der Waals surface area contributed by atoms with E-state index < -0.39 is 5.82 Å². The van der Waals surface area contributed by atoms with E-state index in [0.717, 1.165) is 0 Å². The van der Waals surface area contributed by atoms with Crippen molar-refractivity contribution < 1.29 is 18.1 Å². The van der Waals surface area contributed by atoms with Crippen molar-refractivity contribution in [1.82, 2.24) is 20.4 Å². The molecular formula is C21H19FN4O3. The van der Waals surface area contributed by atoms with E-state index in [-0.39, 0.29) is 22.9 Å². The molecule has 0 radical (unpaired) electrons. The predicted octanol–water partition coefficient (Wildman–Crippen LogP) is 3.58. The van der Waals surface area contributed by atoms with Gasteiger partial charge in [-0.05, 0) is 44.4 Å². The molecule has 0 aliphatic heterocycles. The third-order valence-corrected chi connectivity index (χ3v) is 4.44. The number of likely N-dealkylation sites (N-methyl/N-ethyl adjacent to an activating group) is 1. The van der Waals surface area contributed by atoms with Crippen LogP contribution in [-0.4, -0.2) is 48.1 Å². The summed E-state index contributed by atoms with van der Waals surface area (Å²) in [6, 6.07) is 11.3.